The number of aliphatic carboxylic acids is 1. The Kier molecular flexibility index (Phi) is 4.01. The van der Waals surface area contributed by atoms with Crippen LogP contribution in [0.25, 0.3) is 0 Å². The molecule has 1 aromatic carbocycles. The lowest BCUT2D eigenvalue weighted by atomic mass is 10.0. The molecule has 1 aromatic rings. The van der Waals surface area contributed by atoms with Gasteiger partial charge in [-0.15, -0.1) is 0 Å². The van der Waals surface area contributed by atoms with Crippen LogP contribution in [-0.2, 0) is 11.2 Å². The molecule has 0 heterocycles. The number of hydrogen-bond acceptors (Lipinski definition) is 2. The number of carbonyl (C=O) groups is 1. The van der Waals surface area contributed by atoms with Gasteiger partial charge in [0.2, 0.25) is 0 Å². The molecule has 0 unspecified atom stereocenters. The summed E-state index contributed by atoms with van der Waals surface area (Å²) in [6.45, 7) is 2.01. The molecule has 1 N–H and O–H groups in total. The van der Waals surface area contributed by atoms with Gasteiger partial charge < -0.3 is 5.11 Å². The maximum Gasteiger partial charge on any atom is 0.307 e. The predicted molar refractivity (Wildman–Crippen MR) is 59.9 cm³/mol. The molecule has 0 saturated carbocycles. The summed E-state index contributed by atoms with van der Waals surface area (Å²) in [7, 11) is 0. The van der Waals surface area contributed by atoms with Crippen LogP contribution in [0, 0.1) is 12.8 Å². The van der Waals surface area contributed by atoms with Gasteiger partial charge in [0.15, 0.2) is 0 Å². The van der Waals surface area contributed by atoms with E-state index in [1.54, 1.807) is 0 Å². The molecule has 14 heavy (non-hydrogen) atoms. The van der Waals surface area contributed by atoms with Crippen LogP contribution in [0.15, 0.2) is 24.3 Å². The van der Waals surface area contributed by atoms with E-state index in [1.165, 1.54) is 5.56 Å². The maximum atomic E-state index is 10.8. The van der Waals surface area contributed by atoms with Gasteiger partial charge in [0, 0.05) is 5.75 Å². The molecule has 2 nitrogen and oxygen atoms in total. The molecule has 0 bridgehead atoms. The van der Waals surface area contributed by atoms with E-state index < -0.39 is 5.97 Å². The van der Waals surface area contributed by atoms with Crippen molar-refractivity contribution < 1.29 is 9.90 Å². The van der Waals surface area contributed by atoms with E-state index in [0.29, 0.717) is 12.2 Å². The minimum Gasteiger partial charge on any atom is -0.481 e. The average molecular weight is 210 g/mol. The zero-order valence-corrected chi connectivity index (χ0v) is 9.00. The highest BCUT2D eigenvalue weighted by Crippen LogP contribution is 2.11. The first kappa shape index (κ1) is 11.1. The summed E-state index contributed by atoms with van der Waals surface area (Å²) in [6.07, 6.45) is 0.555. The molecule has 0 aliphatic rings. The quantitative estimate of drug-likeness (QED) is 0.747. The summed E-state index contributed by atoms with van der Waals surface area (Å²) in [6, 6.07) is 7.92. The van der Waals surface area contributed by atoms with Crippen molar-refractivity contribution >= 4 is 18.6 Å². The van der Waals surface area contributed by atoms with Gasteiger partial charge in [0.1, 0.15) is 0 Å². The molecule has 0 spiro atoms. The minimum absolute atomic E-state index is 0.378. The molecule has 0 fully saturated rings. The van der Waals surface area contributed by atoms with E-state index in [2.05, 4.69) is 12.6 Å². The number of carboxylic acids is 1. The van der Waals surface area contributed by atoms with Crippen molar-refractivity contribution in [2.75, 3.05) is 5.75 Å². The average Bonchev–Trinajstić information content (AvgIpc) is 2.16. The van der Waals surface area contributed by atoms with Gasteiger partial charge in [-0.25, -0.2) is 0 Å². The third-order valence-electron chi connectivity index (χ3n) is 2.17. The second kappa shape index (κ2) is 5.05. The van der Waals surface area contributed by atoms with E-state index in [9.17, 15) is 4.79 Å². The molecule has 0 aromatic heterocycles. The maximum absolute atomic E-state index is 10.8. The Balaban J connectivity index is 2.67. The van der Waals surface area contributed by atoms with Crippen LogP contribution in [0.2, 0.25) is 0 Å². The third kappa shape index (κ3) is 3.07. The van der Waals surface area contributed by atoms with Crippen LogP contribution in [0.4, 0.5) is 0 Å². The Morgan fingerprint density at radius 3 is 2.43 bits per heavy atom. The van der Waals surface area contributed by atoms with Gasteiger partial charge in [-0.3, -0.25) is 4.79 Å². The molecule has 0 aliphatic heterocycles. The van der Waals surface area contributed by atoms with Gasteiger partial charge in [-0.2, -0.15) is 12.6 Å². The van der Waals surface area contributed by atoms with E-state index in [1.807, 2.05) is 31.2 Å². The molecule has 1 atom stereocenters. The van der Waals surface area contributed by atoms with Crippen molar-refractivity contribution in [3.05, 3.63) is 35.4 Å². The summed E-state index contributed by atoms with van der Waals surface area (Å²) >= 11 is 4.02. The summed E-state index contributed by atoms with van der Waals surface area (Å²) in [4.78, 5) is 10.8. The predicted octanol–water partition coefficient (Wildman–Crippen LogP) is 2.17. The molecule has 0 aliphatic carbocycles. The van der Waals surface area contributed by atoms with Gasteiger partial charge in [0.25, 0.3) is 0 Å². The number of hydrogen-bond donors (Lipinski definition) is 2. The van der Waals surface area contributed by atoms with E-state index in [4.69, 9.17) is 5.11 Å². The number of thiol groups is 1. The standard InChI is InChI=1S/C11H14O2S/c1-8-2-4-9(5-3-8)6-10(7-14)11(12)13/h2-5,10,14H,6-7H2,1H3,(H,12,13)/t10-/m1/s1. The lowest BCUT2D eigenvalue weighted by Crippen LogP contribution is -2.17. The summed E-state index contributed by atoms with van der Waals surface area (Å²) in [5.41, 5.74) is 2.24. The second-order valence-electron chi connectivity index (χ2n) is 3.41. The number of benzene rings is 1. The third-order valence-corrected chi connectivity index (χ3v) is 2.61. The highest BCUT2D eigenvalue weighted by molar-refractivity contribution is 7.80. The number of rotatable bonds is 4. The van der Waals surface area contributed by atoms with Crippen molar-refractivity contribution in [3.8, 4) is 0 Å². The fourth-order valence-electron chi connectivity index (χ4n) is 1.24. The zero-order chi connectivity index (χ0) is 10.6. The van der Waals surface area contributed by atoms with Crippen molar-refractivity contribution in [2.24, 2.45) is 5.92 Å². The van der Waals surface area contributed by atoms with E-state index in [-0.39, 0.29) is 5.92 Å². The monoisotopic (exact) mass is 210 g/mol. The normalized spacial score (nSPS) is 12.4. The largest absolute Gasteiger partial charge is 0.481 e. The molecular formula is C11H14O2S. The van der Waals surface area contributed by atoms with Gasteiger partial charge >= 0.3 is 5.97 Å². The summed E-state index contributed by atoms with van der Waals surface area (Å²) < 4.78 is 0. The number of aryl methyl sites for hydroxylation is 1. The first-order valence-corrected chi connectivity index (χ1v) is 5.16. The van der Waals surface area contributed by atoms with Crippen LogP contribution in [0.3, 0.4) is 0 Å². The van der Waals surface area contributed by atoms with Crippen molar-refractivity contribution in [1.29, 1.82) is 0 Å². The number of carboxylic acid groups (broad SMARTS) is 1. The topological polar surface area (TPSA) is 37.3 Å². The molecule has 0 radical (unpaired) electrons. The molecule has 0 saturated heterocycles. The Morgan fingerprint density at radius 1 is 1.43 bits per heavy atom. The highest BCUT2D eigenvalue weighted by atomic mass is 32.1. The lowest BCUT2D eigenvalue weighted by Gasteiger charge is -2.08. The smallest absolute Gasteiger partial charge is 0.307 e. The highest BCUT2D eigenvalue weighted by Gasteiger charge is 2.15. The van der Waals surface area contributed by atoms with Crippen LogP contribution in [0.5, 0.6) is 0 Å². The Labute approximate surface area is 89.4 Å². The minimum atomic E-state index is -0.777. The molecular weight excluding hydrogens is 196 g/mol. The fourth-order valence-corrected chi connectivity index (χ4v) is 1.52. The van der Waals surface area contributed by atoms with Gasteiger partial charge in [0.05, 0.1) is 5.92 Å². The van der Waals surface area contributed by atoms with Gasteiger partial charge in [-0.1, -0.05) is 29.8 Å². The fraction of sp³-hybridized carbons (Fsp3) is 0.364. The summed E-state index contributed by atoms with van der Waals surface area (Å²) in [5, 5.41) is 8.84. The SMILES string of the molecule is Cc1ccc(C[C@H](CS)C(=O)O)cc1. The first-order valence-electron chi connectivity index (χ1n) is 4.52. The summed E-state index contributed by atoms with van der Waals surface area (Å²) in [5.74, 6) is -0.787. The van der Waals surface area contributed by atoms with Crippen LogP contribution in [-0.4, -0.2) is 16.8 Å². The van der Waals surface area contributed by atoms with Crippen molar-refractivity contribution in [1.82, 2.24) is 0 Å². The lowest BCUT2D eigenvalue weighted by molar-refractivity contribution is -0.140. The molecule has 1 rings (SSSR count). The molecule has 76 valence electrons. The van der Waals surface area contributed by atoms with Crippen molar-refractivity contribution in [2.45, 2.75) is 13.3 Å². The first-order chi connectivity index (χ1) is 6.63. The van der Waals surface area contributed by atoms with Gasteiger partial charge in [-0.05, 0) is 18.9 Å². The zero-order valence-electron chi connectivity index (χ0n) is 8.10. The van der Waals surface area contributed by atoms with Crippen molar-refractivity contribution in [3.63, 3.8) is 0 Å². The van der Waals surface area contributed by atoms with E-state index in [0.717, 1.165) is 5.56 Å². The van der Waals surface area contributed by atoms with Crippen LogP contribution >= 0.6 is 12.6 Å². The Hall–Kier alpha value is -0.960. The van der Waals surface area contributed by atoms with Crippen LogP contribution < -0.4 is 0 Å². The molecule has 3 heteroatoms. The second-order valence-corrected chi connectivity index (χ2v) is 3.77. The Bertz CT molecular complexity index is 306. The van der Waals surface area contributed by atoms with Crippen LogP contribution in [0.1, 0.15) is 11.1 Å². The Morgan fingerprint density at radius 2 is 2.00 bits per heavy atom. The van der Waals surface area contributed by atoms with E-state index >= 15 is 0 Å². The molecule has 0 amide bonds.